The van der Waals surface area contributed by atoms with Gasteiger partial charge >= 0.3 is 0 Å². The molecule has 0 bridgehead atoms. The number of pyridine rings is 1. The molecule has 3 heterocycles. The third kappa shape index (κ3) is 5.16. The molecule has 1 aliphatic heterocycles. The Bertz CT molecular complexity index is 642. The standard InChI is InChI=1S/C20H27N3O2/c1-22(15-18-5-2-3-11-21-18)19-6-4-12-23(13-9-19)20(24)8-7-17-10-14-25-16-17/h2-3,5,10-11,14,16,19H,4,6-9,12-13,15H2,1H3/t19-/m1/s1. The number of nitrogens with zero attached hydrogens (tertiary/aromatic N) is 3. The maximum atomic E-state index is 12.5. The summed E-state index contributed by atoms with van der Waals surface area (Å²) in [5.74, 6) is 0.259. The van der Waals surface area contributed by atoms with Gasteiger partial charge in [0.15, 0.2) is 0 Å². The summed E-state index contributed by atoms with van der Waals surface area (Å²) in [6.45, 7) is 2.58. The Balaban J connectivity index is 1.47. The number of hydrogen-bond acceptors (Lipinski definition) is 4. The Morgan fingerprint density at radius 3 is 3.00 bits per heavy atom. The number of amides is 1. The summed E-state index contributed by atoms with van der Waals surface area (Å²) in [6, 6.07) is 8.48. The first kappa shape index (κ1) is 17.7. The van der Waals surface area contributed by atoms with Crippen molar-refractivity contribution in [2.45, 2.75) is 44.7 Å². The van der Waals surface area contributed by atoms with E-state index in [1.807, 2.05) is 29.3 Å². The first-order valence-electron chi connectivity index (χ1n) is 9.11. The van der Waals surface area contributed by atoms with E-state index in [0.29, 0.717) is 12.5 Å². The van der Waals surface area contributed by atoms with E-state index < -0.39 is 0 Å². The third-order valence-electron chi connectivity index (χ3n) is 5.02. The van der Waals surface area contributed by atoms with E-state index in [4.69, 9.17) is 4.42 Å². The molecule has 0 spiro atoms. The molecule has 0 aliphatic carbocycles. The highest BCUT2D eigenvalue weighted by atomic mass is 16.3. The van der Waals surface area contributed by atoms with Gasteiger partial charge in [0, 0.05) is 38.3 Å². The van der Waals surface area contributed by atoms with Crippen LogP contribution in [0.3, 0.4) is 0 Å². The highest BCUT2D eigenvalue weighted by Crippen LogP contribution is 2.18. The predicted molar refractivity (Wildman–Crippen MR) is 97.0 cm³/mol. The number of carbonyl (C=O) groups is 1. The molecule has 5 nitrogen and oxygen atoms in total. The lowest BCUT2D eigenvalue weighted by molar-refractivity contribution is -0.131. The van der Waals surface area contributed by atoms with E-state index in [0.717, 1.165) is 56.6 Å². The lowest BCUT2D eigenvalue weighted by atomic mass is 10.1. The molecule has 0 N–H and O–H groups in total. The highest BCUT2D eigenvalue weighted by Gasteiger charge is 2.23. The highest BCUT2D eigenvalue weighted by molar-refractivity contribution is 5.76. The quantitative estimate of drug-likeness (QED) is 0.810. The van der Waals surface area contributed by atoms with Crippen LogP contribution in [0, 0.1) is 0 Å². The van der Waals surface area contributed by atoms with Gasteiger partial charge in [-0.3, -0.25) is 14.7 Å². The Kier molecular flexibility index (Phi) is 6.23. The van der Waals surface area contributed by atoms with E-state index in [9.17, 15) is 4.79 Å². The summed E-state index contributed by atoms with van der Waals surface area (Å²) in [7, 11) is 2.16. The summed E-state index contributed by atoms with van der Waals surface area (Å²) in [5, 5.41) is 0. The van der Waals surface area contributed by atoms with Crippen molar-refractivity contribution in [2.75, 3.05) is 20.1 Å². The molecule has 1 atom stereocenters. The van der Waals surface area contributed by atoms with Crippen LogP contribution < -0.4 is 0 Å². The lowest BCUT2D eigenvalue weighted by Gasteiger charge is -2.27. The van der Waals surface area contributed by atoms with Crippen LogP contribution in [0.15, 0.2) is 47.4 Å². The summed E-state index contributed by atoms with van der Waals surface area (Å²) >= 11 is 0. The monoisotopic (exact) mass is 341 g/mol. The van der Waals surface area contributed by atoms with E-state index in [-0.39, 0.29) is 5.91 Å². The fourth-order valence-electron chi connectivity index (χ4n) is 3.49. The van der Waals surface area contributed by atoms with Gasteiger partial charge in [0.2, 0.25) is 5.91 Å². The van der Waals surface area contributed by atoms with Crippen molar-refractivity contribution in [1.29, 1.82) is 0 Å². The van der Waals surface area contributed by atoms with E-state index in [1.165, 1.54) is 0 Å². The first-order valence-corrected chi connectivity index (χ1v) is 9.11. The molecule has 5 heteroatoms. The second-order valence-corrected chi connectivity index (χ2v) is 6.83. The number of furan rings is 1. The molecule has 2 aromatic rings. The Morgan fingerprint density at radius 1 is 1.32 bits per heavy atom. The minimum atomic E-state index is 0.259. The Morgan fingerprint density at radius 2 is 2.24 bits per heavy atom. The van der Waals surface area contributed by atoms with Gasteiger partial charge in [-0.1, -0.05) is 6.07 Å². The van der Waals surface area contributed by atoms with Crippen LogP contribution in [0.25, 0.3) is 0 Å². The lowest BCUT2D eigenvalue weighted by Crippen LogP contribution is -2.35. The Hall–Kier alpha value is -2.14. The van der Waals surface area contributed by atoms with Crippen LogP contribution in [0.2, 0.25) is 0 Å². The molecule has 25 heavy (non-hydrogen) atoms. The van der Waals surface area contributed by atoms with Crippen molar-refractivity contribution in [3.8, 4) is 0 Å². The van der Waals surface area contributed by atoms with Gasteiger partial charge in [0.1, 0.15) is 0 Å². The molecule has 1 fully saturated rings. The van der Waals surface area contributed by atoms with Crippen LogP contribution in [0.5, 0.6) is 0 Å². The van der Waals surface area contributed by atoms with E-state index in [1.54, 1.807) is 12.5 Å². The predicted octanol–water partition coefficient (Wildman–Crippen LogP) is 3.12. The second-order valence-electron chi connectivity index (χ2n) is 6.83. The fourth-order valence-corrected chi connectivity index (χ4v) is 3.49. The molecule has 0 unspecified atom stereocenters. The smallest absolute Gasteiger partial charge is 0.222 e. The maximum absolute atomic E-state index is 12.5. The number of rotatable bonds is 6. The molecule has 1 saturated heterocycles. The summed E-state index contributed by atoms with van der Waals surface area (Å²) in [5.41, 5.74) is 2.19. The maximum Gasteiger partial charge on any atom is 0.222 e. The number of likely N-dealkylation sites (tertiary alicyclic amines) is 1. The molecule has 0 radical (unpaired) electrons. The SMILES string of the molecule is CN(Cc1ccccn1)[C@@H]1CCCN(C(=O)CCc2ccoc2)CC1. The average molecular weight is 341 g/mol. The molecular formula is C20H27N3O2. The minimum absolute atomic E-state index is 0.259. The Labute approximate surface area is 149 Å². The van der Waals surface area contributed by atoms with E-state index in [2.05, 4.69) is 23.0 Å². The fraction of sp³-hybridized carbons (Fsp3) is 0.500. The zero-order valence-corrected chi connectivity index (χ0v) is 14.9. The summed E-state index contributed by atoms with van der Waals surface area (Å²) in [4.78, 5) is 21.3. The van der Waals surface area contributed by atoms with Gasteiger partial charge in [0.05, 0.1) is 18.2 Å². The topological polar surface area (TPSA) is 49.6 Å². The molecular weight excluding hydrogens is 314 g/mol. The van der Waals surface area contributed by atoms with Crippen molar-refractivity contribution < 1.29 is 9.21 Å². The zero-order chi connectivity index (χ0) is 17.5. The minimum Gasteiger partial charge on any atom is -0.472 e. The van der Waals surface area contributed by atoms with Crippen LogP contribution in [-0.2, 0) is 17.8 Å². The number of aryl methyl sites for hydroxylation is 1. The number of hydrogen-bond donors (Lipinski definition) is 0. The van der Waals surface area contributed by atoms with Crippen LogP contribution >= 0.6 is 0 Å². The van der Waals surface area contributed by atoms with Gasteiger partial charge in [-0.2, -0.15) is 0 Å². The van der Waals surface area contributed by atoms with Crippen LogP contribution in [-0.4, -0.2) is 46.9 Å². The largest absolute Gasteiger partial charge is 0.472 e. The van der Waals surface area contributed by atoms with Crippen LogP contribution in [0.4, 0.5) is 0 Å². The summed E-state index contributed by atoms with van der Waals surface area (Å²) < 4.78 is 5.07. The summed E-state index contributed by atoms with van der Waals surface area (Å²) in [6.07, 6.45) is 9.77. The van der Waals surface area contributed by atoms with Gasteiger partial charge in [-0.25, -0.2) is 0 Å². The normalized spacial score (nSPS) is 18.3. The van der Waals surface area contributed by atoms with Crippen molar-refractivity contribution in [3.05, 3.63) is 54.2 Å². The van der Waals surface area contributed by atoms with Gasteiger partial charge in [-0.05, 0) is 56.5 Å². The van der Waals surface area contributed by atoms with Gasteiger partial charge in [-0.15, -0.1) is 0 Å². The molecule has 0 saturated carbocycles. The molecule has 1 amide bonds. The molecule has 1 aliphatic rings. The van der Waals surface area contributed by atoms with Crippen molar-refractivity contribution in [1.82, 2.24) is 14.8 Å². The van der Waals surface area contributed by atoms with Crippen molar-refractivity contribution in [2.24, 2.45) is 0 Å². The van der Waals surface area contributed by atoms with E-state index >= 15 is 0 Å². The second kappa shape index (κ2) is 8.81. The molecule has 3 rings (SSSR count). The average Bonchev–Trinajstić information content (AvgIpc) is 3.02. The molecule has 134 valence electrons. The van der Waals surface area contributed by atoms with Crippen LogP contribution in [0.1, 0.15) is 36.9 Å². The molecule has 2 aromatic heterocycles. The van der Waals surface area contributed by atoms with Crippen molar-refractivity contribution >= 4 is 5.91 Å². The van der Waals surface area contributed by atoms with Gasteiger partial charge < -0.3 is 9.32 Å². The number of carbonyl (C=O) groups excluding carboxylic acids is 1. The first-order chi connectivity index (χ1) is 12.2. The zero-order valence-electron chi connectivity index (χ0n) is 14.9. The molecule has 0 aromatic carbocycles. The number of aromatic nitrogens is 1. The third-order valence-corrected chi connectivity index (χ3v) is 5.02. The van der Waals surface area contributed by atoms with Crippen molar-refractivity contribution in [3.63, 3.8) is 0 Å². The van der Waals surface area contributed by atoms with Gasteiger partial charge in [0.25, 0.3) is 0 Å².